The predicted molar refractivity (Wildman–Crippen MR) is 80.9 cm³/mol. The fourth-order valence-corrected chi connectivity index (χ4v) is 2.57. The molecule has 8 heteroatoms. The number of nitrogens with zero attached hydrogens (tertiary/aromatic N) is 1. The van der Waals surface area contributed by atoms with E-state index in [-0.39, 0.29) is 18.4 Å². The normalized spacial score (nSPS) is 20.3. The molecule has 1 saturated heterocycles. The van der Waals surface area contributed by atoms with Crippen LogP contribution in [0.1, 0.15) is 47.0 Å². The Morgan fingerprint density at radius 2 is 1.87 bits per heavy atom. The van der Waals surface area contributed by atoms with Crippen LogP contribution < -0.4 is 10.6 Å². The van der Waals surface area contributed by atoms with Crippen molar-refractivity contribution in [3.8, 4) is 0 Å². The molecule has 3 amide bonds. The highest BCUT2D eigenvalue weighted by atomic mass is 19.4. The molecule has 23 heavy (non-hydrogen) atoms. The molecule has 1 aliphatic heterocycles. The maximum atomic E-state index is 13.0. The predicted octanol–water partition coefficient (Wildman–Crippen LogP) is 2.66. The number of nitrogens with one attached hydrogen (secondary N) is 2. The highest BCUT2D eigenvalue weighted by Crippen LogP contribution is 2.30. The Hall–Kier alpha value is -1.47. The average Bonchev–Trinajstić information content (AvgIpc) is 2.82. The van der Waals surface area contributed by atoms with Gasteiger partial charge in [-0.2, -0.15) is 13.2 Å². The number of alkyl halides is 3. The van der Waals surface area contributed by atoms with Crippen LogP contribution in [-0.4, -0.2) is 48.2 Å². The Morgan fingerprint density at radius 1 is 1.26 bits per heavy atom. The van der Waals surface area contributed by atoms with Gasteiger partial charge in [0.05, 0.1) is 0 Å². The van der Waals surface area contributed by atoms with Crippen LogP contribution in [0.15, 0.2) is 0 Å². The lowest BCUT2D eigenvalue weighted by Crippen LogP contribution is -2.53. The van der Waals surface area contributed by atoms with Gasteiger partial charge in [-0.1, -0.05) is 27.7 Å². The summed E-state index contributed by atoms with van der Waals surface area (Å²) in [5.74, 6) is -0.0180. The number of rotatable bonds is 4. The van der Waals surface area contributed by atoms with Crippen LogP contribution >= 0.6 is 0 Å². The van der Waals surface area contributed by atoms with Crippen molar-refractivity contribution in [1.82, 2.24) is 15.5 Å². The van der Waals surface area contributed by atoms with E-state index in [2.05, 4.69) is 5.32 Å². The molecule has 2 atom stereocenters. The fourth-order valence-electron chi connectivity index (χ4n) is 2.57. The summed E-state index contributed by atoms with van der Waals surface area (Å²) in [7, 11) is 0. The second-order valence-corrected chi connectivity index (χ2v) is 7.16. The highest BCUT2D eigenvalue weighted by molar-refractivity contribution is 5.77. The molecule has 1 fully saturated rings. The molecule has 0 saturated carbocycles. The number of hydrogen-bond donors (Lipinski definition) is 2. The summed E-state index contributed by atoms with van der Waals surface area (Å²) < 4.78 is 39.1. The molecular weight excluding hydrogens is 311 g/mol. The first kappa shape index (κ1) is 19.6. The van der Waals surface area contributed by atoms with Crippen molar-refractivity contribution in [3.05, 3.63) is 0 Å². The quantitative estimate of drug-likeness (QED) is 0.828. The van der Waals surface area contributed by atoms with Crippen molar-refractivity contribution in [1.29, 1.82) is 0 Å². The number of hydrogen-bond acceptors (Lipinski definition) is 2. The van der Waals surface area contributed by atoms with Gasteiger partial charge >= 0.3 is 12.2 Å². The zero-order chi connectivity index (χ0) is 17.8. The van der Waals surface area contributed by atoms with Gasteiger partial charge in [0.1, 0.15) is 6.04 Å². The molecule has 0 aromatic carbocycles. The first-order chi connectivity index (χ1) is 10.4. The molecule has 5 nitrogen and oxygen atoms in total. The minimum absolute atomic E-state index is 0.0180. The summed E-state index contributed by atoms with van der Waals surface area (Å²) in [4.78, 5) is 25.0. The molecular formula is C15H26F3N3O2. The molecule has 0 bridgehead atoms. The molecule has 1 rings (SSSR count). The van der Waals surface area contributed by atoms with E-state index in [1.165, 1.54) is 0 Å². The minimum Gasteiger partial charge on any atom is -0.341 e. The molecule has 0 aromatic heterocycles. The number of carbonyl (C=O) groups is 2. The highest BCUT2D eigenvalue weighted by Gasteiger charge is 2.43. The standard InChI is InChI=1S/C15H26F3N3O2/c1-5-12(22)21-7-6-10(9-21)19-13(23)20-11(15(16,17)18)8-14(2,3)4/h10-11H,5-9H2,1-4H3,(H2,19,20,23)/t10-,11-/m1/s1. The van der Waals surface area contributed by atoms with Crippen LogP contribution in [0.25, 0.3) is 0 Å². The summed E-state index contributed by atoms with van der Waals surface area (Å²) in [6, 6.07) is -3.04. The van der Waals surface area contributed by atoms with Crippen LogP contribution in [0.2, 0.25) is 0 Å². The van der Waals surface area contributed by atoms with Crippen LogP contribution in [-0.2, 0) is 4.79 Å². The summed E-state index contributed by atoms with van der Waals surface area (Å²) >= 11 is 0. The van der Waals surface area contributed by atoms with Gasteiger partial charge in [-0.25, -0.2) is 4.79 Å². The van der Waals surface area contributed by atoms with E-state index in [0.29, 0.717) is 25.9 Å². The Balaban J connectivity index is 2.55. The number of urea groups is 1. The minimum atomic E-state index is -4.50. The molecule has 2 N–H and O–H groups in total. The van der Waals surface area contributed by atoms with Gasteiger partial charge in [0.15, 0.2) is 0 Å². The third kappa shape index (κ3) is 6.66. The first-order valence-electron chi connectivity index (χ1n) is 7.84. The zero-order valence-electron chi connectivity index (χ0n) is 14.1. The maximum absolute atomic E-state index is 13.0. The van der Waals surface area contributed by atoms with Gasteiger partial charge < -0.3 is 15.5 Å². The van der Waals surface area contributed by atoms with Crippen LogP contribution in [0, 0.1) is 5.41 Å². The lowest BCUT2D eigenvalue weighted by atomic mass is 9.88. The van der Waals surface area contributed by atoms with Crippen molar-refractivity contribution >= 4 is 11.9 Å². The SMILES string of the molecule is CCC(=O)N1CC[C@@H](NC(=O)N[C@H](CC(C)(C)C)C(F)(F)F)C1. The third-order valence-corrected chi connectivity index (χ3v) is 3.70. The van der Waals surface area contributed by atoms with Crippen molar-refractivity contribution in [2.24, 2.45) is 5.41 Å². The average molecular weight is 337 g/mol. The van der Waals surface area contributed by atoms with Gasteiger partial charge in [0.25, 0.3) is 0 Å². The number of carbonyl (C=O) groups excluding carboxylic acids is 2. The summed E-state index contributed by atoms with van der Waals surface area (Å²) in [5.41, 5.74) is -0.564. The summed E-state index contributed by atoms with van der Waals surface area (Å²) in [5, 5.41) is 4.55. The van der Waals surface area contributed by atoms with Gasteiger partial charge in [-0.3, -0.25) is 4.79 Å². The Kier molecular flexibility index (Phi) is 6.30. The molecule has 0 unspecified atom stereocenters. The van der Waals surface area contributed by atoms with Crippen molar-refractivity contribution in [3.63, 3.8) is 0 Å². The second-order valence-electron chi connectivity index (χ2n) is 7.16. The summed E-state index contributed by atoms with van der Waals surface area (Å²) in [6.45, 7) is 7.68. The van der Waals surface area contributed by atoms with E-state index in [9.17, 15) is 22.8 Å². The lowest BCUT2D eigenvalue weighted by Gasteiger charge is -2.29. The largest absolute Gasteiger partial charge is 0.408 e. The zero-order valence-corrected chi connectivity index (χ0v) is 14.1. The Bertz CT molecular complexity index is 433. The molecule has 0 spiro atoms. The number of likely N-dealkylation sites (tertiary alicyclic amines) is 1. The second kappa shape index (κ2) is 7.40. The molecule has 0 aliphatic carbocycles. The smallest absolute Gasteiger partial charge is 0.341 e. The number of halogens is 3. The van der Waals surface area contributed by atoms with Crippen LogP contribution in [0.4, 0.5) is 18.0 Å². The Morgan fingerprint density at radius 3 is 2.35 bits per heavy atom. The molecule has 1 heterocycles. The van der Waals surface area contributed by atoms with E-state index >= 15 is 0 Å². The molecule has 0 radical (unpaired) electrons. The summed E-state index contributed by atoms with van der Waals surface area (Å²) in [6.07, 6.45) is -3.77. The monoisotopic (exact) mass is 337 g/mol. The van der Waals surface area contributed by atoms with Gasteiger partial charge in [0, 0.05) is 25.6 Å². The van der Waals surface area contributed by atoms with E-state index < -0.39 is 23.7 Å². The van der Waals surface area contributed by atoms with Crippen molar-refractivity contribution < 1.29 is 22.8 Å². The van der Waals surface area contributed by atoms with Gasteiger partial charge in [-0.15, -0.1) is 0 Å². The first-order valence-corrected chi connectivity index (χ1v) is 7.84. The van der Waals surface area contributed by atoms with E-state index in [1.807, 2.05) is 5.32 Å². The van der Waals surface area contributed by atoms with E-state index in [1.54, 1.807) is 32.6 Å². The van der Waals surface area contributed by atoms with Gasteiger partial charge in [-0.05, 0) is 18.3 Å². The third-order valence-electron chi connectivity index (χ3n) is 3.70. The van der Waals surface area contributed by atoms with Crippen molar-refractivity contribution in [2.45, 2.75) is 65.2 Å². The topological polar surface area (TPSA) is 61.4 Å². The van der Waals surface area contributed by atoms with E-state index in [0.717, 1.165) is 0 Å². The lowest BCUT2D eigenvalue weighted by molar-refractivity contribution is -0.159. The molecule has 0 aromatic rings. The number of amides is 3. The van der Waals surface area contributed by atoms with E-state index in [4.69, 9.17) is 0 Å². The van der Waals surface area contributed by atoms with Crippen LogP contribution in [0.3, 0.4) is 0 Å². The van der Waals surface area contributed by atoms with Crippen molar-refractivity contribution in [2.75, 3.05) is 13.1 Å². The van der Waals surface area contributed by atoms with Gasteiger partial charge in [0.2, 0.25) is 5.91 Å². The molecule has 1 aliphatic rings. The Labute approximate surface area is 135 Å². The fraction of sp³-hybridized carbons (Fsp3) is 0.867. The molecule has 134 valence electrons. The maximum Gasteiger partial charge on any atom is 0.408 e. The van der Waals surface area contributed by atoms with Crippen LogP contribution in [0.5, 0.6) is 0 Å².